The molecule has 0 unspecified atom stereocenters. The lowest BCUT2D eigenvalue weighted by Crippen LogP contribution is -2.25. The second-order valence-corrected chi connectivity index (χ2v) is 6.34. The number of ether oxygens (including phenoxy) is 1. The van der Waals surface area contributed by atoms with E-state index < -0.39 is 10.0 Å². The molecule has 114 valence electrons. The molecule has 0 aliphatic rings. The van der Waals surface area contributed by atoms with Crippen LogP contribution in [0.4, 0.5) is 0 Å². The zero-order chi connectivity index (χ0) is 14.8. The number of aryl methyl sites for hydroxylation is 1. The molecule has 0 saturated carbocycles. The highest BCUT2D eigenvalue weighted by Crippen LogP contribution is 2.11. The first kappa shape index (κ1) is 17.1. The summed E-state index contributed by atoms with van der Waals surface area (Å²) in [6.07, 6.45) is 3.02. The highest BCUT2D eigenvalue weighted by molar-refractivity contribution is 7.89. The van der Waals surface area contributed by atoms with Crippen LogP contribution in [0.15, 0.2) is 29.2 Å². The summed E-state index contributed by atoms with van der Waals surface area (Å²) >= 11 is 0. The maximum Gasteiger partial charge on any atom is 0.240 e. The first-order valence-corrected chi connectivity index (χ1v) is 8.27. The molecular weight excluding hydrogens is 278 g/mol. The van der Waals surface area contributed by atoms with Gasteiger partial charge in [0, 0.05) is 26.9 Å². The average Bonchev–Trinajstić information content (AvgIpc) is 2.45. The minimum absolute atomic E-state index is 0.142. The highest BCUT2D eigenvalue weighted by atomic mass is 32.2. The van der Waals surface area contributed by atoms with Crippen LogP contribution >= 0.6 is 0 Å². The van der Waals surface area contributed by atoms with Gasteiger partial charge in [0.2, 0.25) is 10.0 Å². The Bertz CT molecular complexity index is 470. The smallest absolute Gasteiger partial charge is 0.240 e. The van der Waals surface area contributed by atoms with Crippen molar-refractivity contribution in [1.29, 1.82) is 0 Å². The number of unbranched alkanes of at least 4 members (excludes halogenated alkanes) is 1. The molecule has 0 aliphatic heterocycles. The van der Waals surface area contributed by atoms with E-state index in [-0.39, 0.29) is 11.5 Å². The van der Waals surface area contributed by atoms with Crippen molar-refractivity contribution in [2.24, 2.45) is 0 Å². The number of nitrogens with one attached hydrogen (secondary N) is 1. The summed E-state index contributed by atoms with van der Waals surface area (Å²) in [5.74, 6) is 0. The van der Waals surface area contributed by atoms with Crippen molar-refractivity contribution in [3.63, 3.8) is 0 Å². The van der Waals surface area contributed by atoms with Gasteiger partial charge >= 0.3 is 0 Å². The molecule has 0 spiro atoms. The van der Waals surface area contributed by atoms with Gasteiger partial charge in [-0.15, -0.1) is 0 Å². The van der Waals surface area contributed by atoms with Gasteiger partial charge in [-0.3, -0.25) is 0 Å². The summed E-state index contributed by atoms with van der Waals surface area (Å²) in [6, 6.07) is 6.78. The quantitative estimate of drug-likeness (QED) is 0.639. The van der Waals surface area contributed by atoms with Crippen molar-refractivity contribution in [1.82, 2.24) is 4.72 Å². The van der Waals surface area contributed by atoms with E-state index in [0.717, 1.165) is 24.8 Å². The van der Waals surface area contributed by atoms with Crippen LogP contribution in [0, 0.1) is 0 Å². The topological polar surface area (TPSA) is 75.6 Å². The second kappa shape index (κ2) is 9.07. The summed E-state index contributed by atoms with van der Waals surface area (Å²) in [6.45, 7) is 1.20. The number of sulfonamides is 1. The Labute approximate surface area is 121 Å². The predicted octanol–water partition coefficient (Wildman–Crippen LogP) is 1.32. The number of aliphatic hydroxyl groups is 1. The number of rotatable bonds is 10. The van der Waals surface area contributed by atoms with Crippen LogP contribution in [-0.2, 0) is 21.2 Å². The molecule has 2 N–H and O–H groups in total. The van der Waals surface area contributed by atoms with E-state index in [0.29, 0.717) is 19.6 Å². The lowest BCUT2D eigenvalue weighted by Gasteiger charge is -2.07. The minimum Gasteiger partial charge on any atom is -0.396 e. The molecule has 5 nitrogen and oxygen atoms in total. The van der Waals surface area contributed by atoms with E-state index in [2.05, 4.69) is 4.72 Å². The van der Waals surface area contributed by atoms with Crippen molar-refractivity contribution in [3.8, 4) is 0 Å². The molecule has 1 aromatic rings. The number of hydrogen-bond acceptors (Lipinski definition) is 4. The normalized spacial score (nSPS) is 11.7. The molecule has 0 amide bonds. The standard InChI is InChI=1S/C14H23NO4S/c1-19-12-3-2-10-15-20(17,18)14-8-6-13(7-9-14)5-4-11-16/h6-9,15-16H,2-5,10-12H2,1H3. The molecule has 0 atom stereocenters. The summed E-state index contributed by atoms with van der Waals surface area (Å²) < 4.78 is 31.5. The fourth-order valence-electron chi connectivity index (χ4n) is 1.78. The van der Waals surface area contributed by atoms with Crippen LogP contribution in [0.5, 0.6) is 0 Å². The molecule has 1 aromatic carbocycles. The molecule has 0 aromatic heterocycles. The second-order valence-electron chi connectivity index (χ2n) is 4.57. The van der Waals surface area contributed by atoms with Crippen LogP contribution < -0.4 is 4.72 Å². The van der Waals surface area contributed by atoms with E-state index in [1.165, 1.54) is 0 Å². The van der Waals surface area contributed by atoms with Crippen molar-refractivity contribution < 1.29 is 18.3 Å². The Balaban J connectivity index is 2.50. The first-order chi connectivity index (χ1) is 9.60. The van der Waals surface area contributed by atoms with Gasteiger partial charge in [-0.05, 0) is 43.4 Å². The number of methoxy groups -OCH3 is 1. The lowest BCUT2D eigenvalue weighted by molar-refractivity contribution is 0.193. The Kier molecular flexibility index (Phi) is 7.76. The summed E-state index contributed by atoms with van der Waals surface area (Å²) in [5.41, 5.74) is 1.03. The van der Waals surface area contributed by atoms with Crippen LogP contribution in [-0.4, -0.2) is 40.4 Å². The lowest BCUT2D eigenvalue weighted by atomic mass is 10.1. The van der Waals surface area contributed by atoms with Gasteiger partial charge in [-0.1, -0.05) is 12.1 Å². The molecule has 0 fully saturated rings. The minimum atomic E-state index is -3.42. The van der Waals surface area contributed by atoms with E-state index >= 15 is 0 Å². The molecule has 1 rings (SSSR count). The summed E-state index contributed by atoms with van der Waals surface area (Å²) in [5, 5.41) is 8.76. The number of benzene rings is 1. The molecule has 6 heteroatoms. The maximum atomic E-state index is 12.0. The van der Waals surface area contributed by atoms with Gasteiger partial charge in [0.25, 0.3) is 0 Å². The molecular formula is C14H23NO4S. The third-order valence-corrected chi connectivity index (χ3v) is 4.40. The van der Waals surface area contributed by atoms with Crippen LogP contribution in [0.25, 0.3) is 0 Å². The van der Waals surface area contributed by atoms with E-state index in [4.69, 9.17) is 9.84 Å². The van der Waals surface area contributed by atoms with Crippen molar-refractivity contribution in [2.75, 3.05) is 26.9 Å². The van der Waals surface area contributed by atoms with Crippen LogP contribution in [0.1, 0.15) is 24.8 Å². The molecule has 0 radical (unpaired) electrons. The SMILES string of the molecule is COCCCCNS(=O)(=O)c1ccc(CCCO)cc1. The summed E-state index contributed by atoms with van der Waals surface area (Å²) in [7, 11) is -1.80. The number of aliphatic hydroxyl groups excluding tert-OH is 1. The highest BCUT2D eigenvalue weighted by Gasteiger charge is 2.12. The Hall–Kier alpha value is -0.950. The zero-order valence-corrected chi connectivity index (χ0v) is 12.7. The van der Waals surface area contributed by atoms with E-state index in [1.54, 1.807) is 31.4 Å². The van der Waals surface area contributed by atoms with Gasteiger partial charge in [-0.25, -0.2) is 13.1 Å². The van der Waals surface area contributed by atoms with Crippen molar-refractivity contribution in [3.05, 3.63) is 29.8 Å². The predicted molar refractivity (Wildman–Crippen MR) is 78.1 cm³/mol. The van der Waals surface area contributed by atoms with Gasteiger partial charge in [0.15, 0.2) is 0 Å². The van der Waals surface area contributed by atoms with E-state index in [9.17, 15) is 8.42 Å². The van der Waals surface area contributed by atoms with Gasteiger partial charge in [0.05, 0.1) is 4.90 Å². The average molecular weight is 301 g/mol. The fraction of sp³-hybridized carbons (Fsp3) is 0.571. The van der Waals surface area contributed by atoms with Crippen molar-refractivity contribution in [2.45, 2.75) is 30.6 Å². The molecule has 0 heterocycles. The third kappa shape index (κ3) is 6.00. The first-order valence-electron chi connectivity index (χ1n) is 6.78. The van der Waals surface area contributed by atoms with Gasteiger partial charge in [0.1, 0.15) is 0 Å². The fourth-order valence-corrected chi connectivity index (χ4v) is 2.85. The number of hydrogen-bond donors (Lipinski definition) is 2. The van der Waals surface area contributed by atoms with Crippen LogP contribution in [0.3, 0.4) is 0 Å². The van der Waals surface area contributed by atoms with Crippen molar-refractivity contribution >= 4 is 10.0 Å². The zero-order valence-electron chi connectivity index (χ0n) is 11.8. The largest absolute Gasteiger partial charge is 0.396 e. The molecule has 0 aliphatic carbocycles. The third-order valence-electron chi connectivity index (χ3n) is 2.92. The Morgan fingerprint density at radius 1 is 1.15 bits per heavy atom. The Morgan fingerprint density at radius 2 is 1.85 bits per heavy atom. The monoisotopic (exact) mass is 301 g/mol. The Morgan fingerprint density at radius 3 is 2.45 bits per heavy atom. The molecule has 20 heavy (non-hydrogen) atoms. The van der Waals surface area contributed by atoms with Gasteiger partial charge in [-0.2, -0.15) is 0 Å². The molecule has 0 bridgehead atoms. The maximum absolute atomic E-state index is 12.0. The van der Waals surface area contributed by atoms with Gasteiger partial charge < -0.3 is 9.84 Å². The van der Waals surface area contributed by atoms with Crippen LogP contribution in [0.2, 0.25) is 0 Å². The van der Waals surface area contributed by atoms with E-state index in [1.807, 2.05) is 0 Å². The molecule has 0 saturated heterocycles. The summed E-state index contributed by atoms with van der Waals surface area (Å²) in [4.78, 5) is 0.275.